The van der Waals surface area contributed by atoms with Gasteiger partial charge in [0.2, 0.25) is 0 Å². The monoisotopic (exact) mass is 497 g/mol. The number of allylic oxidation sites excluding steroid dienone is 1. The molecule has 0 atom stereocenters. The van der Waals surface area contributed by atoms with Gasteiger partial charge >= 0.3 is 0 Å². The summed E-state index contributed by atoms with van der Waals surface area (Å²) in [4.78, 5) is 21.8. The molecule has 1 N–H and O–H groups in total. The number of amidine groups is 2. The Kier molecular flexibility index (Phi) is 6.27. The topological polar surface area (TPSA) is 93.4 Å². The molecule has 0 bridgehead atoms. The molecule has 1 amide bonds. The largest absolute Gasteiger partial charge is 0.493 e. The van der Waals surface area contributed by atoms with Crippen LogP contribution in [0.2, 0.25) is 0 Å². The molecule has 2 heterocycles. The standard InChI is InChI=1S/C23H20BrN3O5/c1-14-11-21-26-23(28)18(22(25)27(21)32-14)12-15-3-8-19(20(13-15)29-2)31-10-9-30-17-6-4-16(24)5-7-17/h3-8,11-13,25H,9-10H2,1-2H3/b18-12+,25-22?. The Morgan fingerprint density at radius 3 is 2.62 bits per heavy atom. The van der Waals surface area contributed by atoms with Crippen LogP contribution < -0.4 is 14.2 Å². The zero-order valence-electron chi connectivity index (χ0n) is 17.4. The van der Waals surface area contributed by atoms with Crippen LogP contribution in [0.5, 0.6) is 17.2 Å². The summed E-state index contributed by atoms with van der Waals surface area (Å²) in [7, 11) is 1.54. The molecule has 8 nitrogen and oxygen atoms in total. The van der Waals surface area contributed by atoms with Gasteiger partial charge in [0.15, 0.2) is 23.2 Å². The van der Waals surface area contributed by atoms with Gasteiger partial charge in [0.1, 0.15) is 24.7 Å². The number of methoxy groups -OCH3 is 1. The fraction of sp³-hybridized carbons (Fsp3) is 0.174. The Morgan fingerprint density at radius 2 is 1.88 bits per heavy atom. The molecule has 2 aliphatic rings. The summed E-state index contributed by atoms with van der Waals surface area (Å²) in [5.74, 6) is 2.09. The van der Waals surface area contributed by atoms with Crippen LogP contribution in [0.1, 0.15) is 12.5 Å². The van der Waals surface area contributed by atoms with E-state index in [1.807, 2.05) is 24.3 Å². The minimum atomic E-state index is -0.500. The van der Waals surface area contributed by atoms with Crippen molar-refractivity contribution in [3.63, 3.8) is 0 Å². The average molecular weight is 498 g/mol. The van der Waals surface area contributed by atoms with Crippen LogP contribution in [0.4, 0.5) is 0 Å². The molecule has 9 heteroatoms. The number of benzene rings is 2. The summed E-state index contributed by atoms with van der Waals surface area (Å²) in [6.07, 6.45) is 3.18. The second-order valence-corrected chi connectivity index (χ2v) is 7.80. The van der Waals surface area contributed by atoms with Crippen molar-refractivity contribution >= 4 is 39.6 Å². The second kappa shape index (κ2) is 9.27. The highest BCUT2D eigenvalue weighted by atomic mass is 79.9. The van der Waals surface area contributed by atoms with Gasteiger partial charge in [-0.05, 0) is 55.0 Å². The molecule has 0 saturated heterocycles. The van der Waals surface area contributed by atoms with Crippen molar-refractivity contribution in [1.82, 2.24) is 5.06 Å². The number of carbonyl (C=O) groups is 1. The van der Waals surface area contributed by atoms with Crippen LogP contribution in [0.3, 0.4) is 0 Å². The maximum Gasteiger partial charge on any atom is 0.282 e. The van der Waals surface area contributed by atoms with Crippen molar-refractivity contribution in [2.45, 2.75) is 6.92 Å². The molecule has 4 rings (SSSR count). The maximum atomic E-state index is 12.4. The number of hydrogen-bond donors (Lipinski definition) is 1. The quantitative estimate of drug-likeness (QED) is 0.451. The summed E-state index contributed by atoms with van der Waals surface area (Å²) >= 11 is 3.39. The van der Waals surface area contributed by atoms with Crippen molar-refractivity contribution in [2.75, 3.05) is 20.3 Å². The van der Waals surface area contributed by atoms with Crippen LogP contribution >= 0.6 is 15.9 Å². The first-order chi connectivity index (χ1) is 15.4. The predicted octanol–water partition coefficient (Wildman–Crippen LogP) is 4.37. The number of hydroxylamine groups is 2. The molecule has 0 saturated carbocycles. The number of hydrogen-bond acceptors (Lipinski definition) is 6. The summed E-state index contributed by atoms with van der Waals surface area (Å²) in [6, 6.07) is 12.8. The first kappa shape index (κ1) is 21.6. The number of halogens is 1. The van der Waals surface area contributed by atoms with Gasteiger partial charge in [-0.25, -0.2) is 0 Å². The van der Waals surface area contributed by atoms with E-state index >= 15 is 0 Å². The molecule has 2 aromatic rings. The van der Waals surface area contributed by atoms with Crippen LogP contribution in [0.15, 0.2) is 69.3 Å². The van der Waals surface area contributed by atoms with Gasteiger partial charge in [0, 0.05) is 10.5 Å². The third kappa shape index (κ3) is 4.67. The van der Waals surface area contributed by atoms with Crippen molar-refractivity contribution in [2.24, 2.45) is 4.99 Å². The third-order valence-corrected chi connectivity index (χ3v) is 5.13. The molecular weight excluding hydrogens is 478 g/mol. The van der Waals surface area contributed by atoms with Gasteiger partial charge in [0.05, 0.1) is 12.7 Å². The lowest BCUT2D eigenvalue weighted by molar-refractivity contribution is -0.114. The Morgan fingerprint density at radius 1 is 1.12 bits per heavy atom. The van der Waals surface area contributed by atoms with Crippen LogP contribution in [-0.4, -0.2) is 43.0 Å². The molecule has 0 fully saturated rings. The Balaban J connectivity index is 1.42. The number of nitrogens with one attached hydrogen (secondary N) is 1. The smallest absolute Gasteiger partial charge is 0.282 e. The van der Waals surface area contributed by atoms with E-state index in [1.54, 1.807) is 37.3 Å². The summed E-state index contributed by atoms with van der Waals surface area (Å²) < 4.78 is 17.9. The van der Waals surface area contributed by atoms with Gasteiger partial charge in [-0.1, -0.05) is 22.0 Å². The number of aliphatic imine (C=N–C) groups is 1. The predicted molar refractivity (Wildman–Crippen MR) is 123 cm³/mol. The number of fused-ring (bicyclic) bond motifs is 1. The van der Waals surface area contributed by atoms with Crippen LogP contribution in [-0.2, 0) is 9.63 Å². The van der Waals surface area contributed by atoms with Gasteiger partial charge in [-0.15, -0.1) is 5.06 Å². The lowest BCUT2D eigenvalue weighted by atomic mass is 10.1. The third-order valence-electron chi connectivity index (χ3n) is 4.60. The minimum absolute atomic E-state index is 0.0718. The highest BCUT2D eigenvalue weighted by molar-refractivity contribution is 9.10. The van der Waals surface area contributed by atoms with Gasteiger partial charge < -0.3 is 19.0 Å². The number of nitrogens with zero attached hydrogens (tertiary/aromatic N) is 2. The number of ether oxygens (including phenoxy) is 3. The summed E-state index contributed by atoms with van der Waals surface area (Å²) in [5.41, 5.74) is 0.784. The molecule has 0 spiro atoms. The van der Waals surface area contributed by atoms with E-state index in [1.165, 1.54) is 12.2 Å². The summed E-state index contributed by atoms with van der Waals surface area (Å²) in [5, 5.41) is 9.53. The lowest BCUT2D eigenvalue weighted by Gasteiger charge is -2.23. The highest BCUT2D eigenvalue weighted by Gasteiger charge is 2.34. The van der Waals surface area contributed by atoms with Crippen LogP contribution in [0, 0.1) is 5.41 Å². The first-order valence-corrected chi connectivity index (χ1v) is 10.5. The lowest BCUT2D eigenvalue weighted by Crippen LogP contribution is -2.38. The number of rotatable bonds is 7. The fourth-order valence-electron chi connectivity index (χ4n) is 3.10. The molecule has 32 heavy (non-hydrogen) atoms. The number of amides is 1. The van der Waals surface area contributed by atoms with Gasteiger partial charge in [-0.3, -0.25) is 10.2 Å². The zero-order valence-corrected chi connectivity index (χ0v) is 19.0. The minimum Gasteiger partial charge on any atom is -0.493 e. The Labute approximate surface area is 193 Å². The molecule has 2 aliphatic heterocycles. The van der Waals surface area contributed by atoms with E-state index < -0.39 is 5.91 Å². The van der Waals surface area contributed by atoms with Crippen LogP contribution in [0.25, 0.3) is 6.08 Å². The maximum absolute atomic E-state index is 12.4. The zero-order chi connectivity index (χ0) is 22.7. The Hall–Kier alpha value is -3.59. The Bertz CT molecular complexity index is 1150. The molecule has 0 unspecified atom stereocenters. The molecule has 0 radical (unpaired) electrons. The number of carbonyl (C=O) groups excluding carboxylic acids is 1. The molecular formula is C23H20BrN3O5. The van der Waals surface area contributed by atoms with Gasteiger partial charge in [0.25, 0.3) is 5.91 Å². The van der Waals surface area contributed by atoms with Crippen molar-refractivity contribution in [1.29, 1.82) is 5.41 Å². The van der Waals surface area contributed by atoms with Crippen molar-refractivity contribution in [3.05, 3.63) is 69.9 Å². The average Bonchev–Trinajstić information content (AvgIpc) is 3.16. The molecule has 0 aromatic heterocycles. The molecule has 164 valence electrons. The second-order valence-electron chi connectivity index (χ2n) is 6.88. The van der Waals surface area contributed by atoms with E-state index in [0.29, 0.717) is 41.9 Å². The van der Waals surface area contributed by atoms with Crippen molar-refractivity contribution < 1.29 is 23.8 Å². The SMILES string of the molecule is COc1cc(/C=C2\C(=N)N3OC(C)=CC3=NC2=O)ccc1OCCOc1ccc(Br)cc1. The fourth-order valence-corrected chi connectivity index (χ4v) is 3.37. The van der Waals surface area contributed by atoms with Crippen molar-refractivity contribution in [3.8, 4) is 17.2 Å². The van der Waals surface area contributed by atoms with E-state index in [0.717, 1.165) is 10.2 Å². The normalized spacial score (nSPS) is 16.3. The van der Waals surface area contributed by atoms with Gasteiger partial charge in [-0.2, -0.15) is 4.99 Å². The van der Waals surface area contributed by atoms with E-state index in [2.05, 4.69) is 20.9 Å². The molecule has 0 aliphatic carbocycles. The molecule has 2 aromatic carbocycles. The van der Waals surface area contributed by atoms with E-state index in [-0.39, 0.29) is 11.4 Å². The van der Waals surface area contributed by atoms with E-state index in [9.17, 15) is 4.79 Å². The first-order valence-electron chi connectivity index (χ1n) is 9.74. The summed E-state index contributed by atoms with van der Waals surface area (Å²) in [6.45, 7) is 2.42. The van der Waals surface area contributed by atoms with E-state index in [4.69, 9.17) is 24.5 Å². The highest BCUT2D eigenvalue weighted by Crippen LogP contribution is 2.30.